The topological polar surface area (TPSA) is 118 Å². The second kappa shape index (κ2) is 39.7. The van der Waals surface area contributed by atoms with Crippen molar-refractivity contribution >= 4 is 65.4 Å². The number of aromatic nitrogens is 11. The predicted molar refractivity (Wildman–Crippen MR) is 606 cm³/mol. The highest BCUT2D eigenvalue weighted by molar-refractivity contribution is 6.14. The molecule has 0 amide bonds. The Balaban J connectivity index is 0.000000115. The van der Waals surface area contributed by atoms with E-state index in [9.17, 15) is 0 Å². The van der Waals surface area contributed by atoms with E-state index in [-0.39, 0.29) is 0 Å². The number of rotatable bonds is 18. The van der Waals surface area contributed by atoms with Crippen molar-refractivity contribution in [3.05, 3.63) is 552 Å². The Kier molecular flexibility index (Phi) is 23.9. The molecule has 0 bridgehead atoms. The van der Waals surface area contributed by atoms with Gasteiger partial charge in [-0.2, -0.15) is 0 Å². The van der Waals surface area contributed by atoms with E-state index in [4.69, 9.17) is 39.9 Å². The van der Waals surface area contributed by atoms with E-state index >= 15 is 0 Å². The maximum atomic E-state index is 5.35. The smallest absolute Gasteiger partial charge is 0.160 e. The SMILES string of the molecule is c1ccc(-c2ccc3c(c2)c2cc(-c4ccccc4)ccc2n3-c2ccc(-c3cc(-c4ccccc4)nc(-c4ccccc4)n3)cn2)cc1.c1ccc(-c2ccc3c(c2)c2cc(-c4ccccc4)ccc2n3-c2cccc(-c3cc(-c4ccccc4)nc(-c4ccccc4)c3)n2)cc1.c1ccc(-c2ccc3c(c2)c2cc(-c4ccccc4)ccc2n3-c2cccc(-c3cc(-c4ccccc4)nc(-c4ccccc4)n3)n2)cc1. The molecule has 11 nitrogen and oxygen atoms in total. The van der Waals surface area contributed by atoms with Gasteiger partial charge >= 0.3 is 0 Å². The molecule has 0 aliphatic heterocycles. The summed E-state index contributed by atoms with van der Waals surface area (Å²) in [5.74, 6) is 3.91. The van der Waals surface area contributed by atoms with Crippen molar-refractivity contribution in [3.8, 4) is 186 Å². The quantitative estimate of drug-likeness (QED) is 0.0834. The molecule has 0 unspecified atom stereocenters. The molecule has 27 rings (SSSR count). The molecule has 11 heteroatoms. The first-order valence-electron chi connectivity index (χ1n) is 49.5. The highest BCUT2D eigenvalue weighted by Crippen LogP contribution is 2.44. The van der Waals surface area contributed by atoms with Crippen LogP contribution in [0.25, 0.3) is 251 Å². The molecular weight excluding hydrogens is 1790 g/mol. The molecule has 0 N–H and O–H groups in total. The van der Waals surface area contributed by atoms with Gasteiger partial charge in [0.1, 0.15) is 17.5 Å². The van der Waals surface area contributed by atoms with Crippen molar-refractivity contribution in [2.45, 2.75) is 0 Å². The zero-order valence-corrected chi connectivity index (χ0v) is 80.0. The number of hydrogen-bond donors (Lipinski definition) is 0. The van der Waals surface area contributed by atoms with Crippen molar-refractivity contribution in [2.75, 3.05) is 0 Å². The first kappa shape index (κ1) is 88.5. The lowest BCUT2D eigenvalue weighted by Crippen LogP contribution is -2.01. The van der Waals surface area contributed by atoms with Crippen LogP contribution in [0.2, 0.25) is 0 Å². The van der Waals surface area contributed by atoms with Crippen LogP contribution in [0.5, 0.6) is 0 Å². The Bertz CT molecular complexity index is 8620. The largest absolute Gasteiger partial charge is 0.294 e. The molecule has 0 aliphatic rings. The van der Waals surface area contributed by atoms with E-state index in [0.717, 1.165) is 141 Å². The molecule has 690 valence electrons. The summed E-state index contributed by atoms with van der Waals surface area (Å²) < 4.78 is 6.84. The van der Waals surface area contributed by atoms with Crippen molar-refractivity contribution in [2.24, 2.45) is 0 Å². The summed E-state index contributed by atoms with van der Waals surface area (Å²) in [6.45, 7) is 0. The minimum absolute atomic E-state index is 0.669. The van der Waals surface area contributed by atoms with Gasteiger partial charge in [0.2, 0.25) is 0 Å². The maximum absolute atomic E-state index is 5.35. The summed E-state index contributed by atoms with van der Waals surface area (Å²) in [6.07, 6.45) is 1.93. The lowest BCUT2D eigenvalue weighted by molar-refractivity contribution is 1.07. The van der Waals surface area contributed by atoms with Gasteiger partial charge in [0.25, 0.3) is 0 Å². The van der Waals surface area contributed by atoms with Gasteiger partial charge in [-0.3, -0.25) is 13.7 Å². The Hall–Kier alpha value is -19.9. The van der Waals surface area contributed by atoms with Crippen LogP contribution in [0.15, 0.2) is 552 Å². The van der Waals surface area contributed by atoms with Crippen LogP contribution in [0.3, 0.4) is 0 Å². The van der Waals surface area contributed by atoms with Gasteiger partial charge in [-0.05, 0) is 200 Å². The number of fused-ring (bicyclic) bond motifs is 9. The predicted octanol–water partition coefficient (Wildman–Crippen LogP) is 34.5. The van der Waals surface area contributed by atoms with E-state index in [1.807, 2.05) is 128 Å². The molecule has 0 aliphatic carbocycles. The van der Waals surface area contributed by atoms with Crippen LogP contribution in [-0.4, -0.2) is 53.6 Å². The number of hydrogen-bond acceptors (Lipinski definition) is 8. The molecule has 0 atom stereocenters. The second-order valence-electron chi connectivity index (χ2n) is 36.5. The number of nitrogens with zero attached hydrogens (tertiary/aromatic N) is 11. The molecule has 0 radical (unpaired) electrons. The van der Waals surface area contributed by atoms with Crippen LogP contribution in [-0.2, 0) is 0 Å². The molecular formula is C136H91N11. The van der Waals surface area contributed by atoms with Crippen molar-refractivity contribution in [1.82, 2.24) is 53.6 Å². The van der Waals surface area contributed by atoms with Gasteiger partial charge in [0.05, 0.1) is 78.7 Å². The third-order valence-corrected chi connectivity index (χ3v) is 27.3. The van der Waals surface area contributed by atoms with Gasteiger partial charge in [0, 0.05) is 83.0 Å². The van der Waals surface area contributed by atoms with E-state index in [1.165, 1.54) is 99.1 Å². The van der Waals surface area contributed by atoms with Gasteiger partial charge in [0.15, 0.2) is 11.6 Å². The van der Waals surface area contributed by atoms with Crippen molar-refractivity contribution < 1.29 is 0 Å². The fraction of sp³-hybridized carbons (Fsp3) is 0. The molecule has 0 saturated heterocycles. The Morgan fingerprint density at radius 2 is 0.340 bits per heavy atom. The third-order valence-electron chi connectivity index (χ3n) is 27.3. The molecule has 27 aromatic rings. The summed E-state index contributed by atoms with van der Waals surface area (Å²) in [5.41, 5.74) is 35.9. The summed E-state index contributed by atoms with van der Waals surface area (Å²) in [7, 11) is 0. The van der Waals surface area contributed by atoms with E-state index in [2.05, 4.69) is 438 Å². The molecule has 147 heavy (non-hydrogen) atoms. The number of benzene rings is 18. The monoisotopic (exact) mass is 1880 g/mol. The van der Waals surface area contributed by atoms with Crippen molar-refractivity contribution in [1.29, 1.82) is 0 Å². The Morgan fingerprint density at radius 3 is 0.619 bits per heavy atom. The standard InChI is InChI=1S/C46H31N3.2C45H30N4/c1-5-14-32(15-6-1)36-24-26-44-39(28-36)40-29-37(33-16-7-2-8-17-33)25-27-45(40)49(44)46-23-13-22-41(48-46)38-30-42(34-18-9-3-10-19-34)47-43(31-38)35-20-11-4-12-21-35;1-5-14-31(15-6-1)35-24-26-42-37(28-35)38-29-36(32-16-7-2-8-17-32)25-27-43(38)49(42)44-23-13-22-39(46-44)41-30-40(33-18-9-3-10-19-33)47-45(48-41)34-20-11-4-12-21-34;1-5-13-31(14-6-1)35-21-24-42-38(27-35)39-28-36(32-15-7-2-8-16-32)22-25-43(39)49(42)44-26-23-37(30-46-44)41-29-40(33-17-9-3-10-18-33)47-45(48-41)34-19-11-4-12-20-34/h1-31H;2*1-30H. The molecule has 0 saturated carbocycles. The maximum Gasteiger partial charge on any atom is 0.160 e. The minimum atomic E-state index is 0.669. The fourth-order valence-electron chi connectivity index (χ4n) is 20.1. The van der Waals surface area contributed by atoms with Crippen LogP contribution in [0.4, 0.5) is 0 Å². The normalized spacial score (nSPS) is 11.3. The Morgan fingerprint density at radius 1 is 0.116 bits per heavy atom. The highest BCUT2D eigenvalue weighted by Gasteiger charge is 2.24. The zero-order chi connectivity index (χ0) is 97.7. The first-order valence-corrected chi connectivity index (χ1v) is 49.5. The zero-order valence-electron chi connectivity index (χ0n) is 80.0. The molecule has 0 fully saturated rings. The van der Waals surface area contributed by atoms with E-state index in [1.54, 1.807) is 0 Å². The Labute approximate surface area is 851 Å². The summed E-state index contributed by atoms with van der Waals surface area (Å²) >= 11 is 0. The average Bonchev–Trinajstić information content (AvgIpc) is 1.60. The molecule has 0 spiro atoms. The van der Waals surface area contributed by atoms with Crippen LogP contribution >= 0.6 is 0 Å². The van der Waals surface area contributed by atoms with Gasteiger partial charge < -0.3 is 0 Å². The minimum Gasteiger partial charge on any atom is -0.294 e. The van der Waals surface area contributed by atoms with Crippen LogP contribution in [0, 0.1) is 0 Å². The molecule has 9 heterocycles. The third kappa shape index (κ3) is 18.0. The van der Waals surface area contributed by atoms with E-state index in [0.29, 0.717) is 11.6 Å². The highest BCUT2D eigenvalue weighted by atomic mass is 15.1. The van der Waals surface area contributed by atoms with Crippen LogP contribution in [0.1, 0.15) is 0 Å². The van der Waals surface area contributed by atoms with Crippen LogP contribution < -0.4 is 0 Å². The first-order chi connectivity index (χ1) is 72.8. The van der Waals surface area contributed by atoms with E-state index < -0.39 is 0 Å². The lowest BCUT2D eigenvalue weighted by atomic mass is 10.0. The van der Waals surface area contributed by atoms with Gasteiger partial charge in [-0.25, -0.2) is 39.9 Å². The summed E-state index contributed by atoms with van der Waals surface area (Å²) in [6, 6.07) is 190. The fourth-order valence-corrected chi connectivity index (χ4v) is 20.1. The lowest BCUT2D eigenvalue weighted by Gasteiger charge is -2.12. The summed E-state index contributed by atoms with van der Waals surface area (Å²) in [4.78, 5) is 40.8. The number of pyridine rings is 4. The average molecular weight is 1880 g/mol. The molecule has 18 aromatic carbocycles. The summed E-state index contributed by atoms with van der Waals surface area (Å²) in [5, 5.41) is 7.14. The van der Waals surface area contributed by atoms with Gasteiger partial charge in [-0.1, -0.05) is 413 Å². The second-order valence-corrected chi connectivity index (χ2v) is 36.5. The van der Waals surface area contributed by atoms with Crippen molar-refractivity contribution in [3.63, 3.8) is 0 Å². The van der Waals surface area contributed by atoms with Gasteiger partial charge in [-0.15, -0.1) is 0 Å². The molecule has 9 aromatic heterocycles.